The summed E-state index contributed by atoms with van der Waals surface area (Å²) >= 11 is 0. The van der Waals surface area contributed by atoms with Gasteiger partial charge in [0, 0.05) is 11.3 Å². The molecule has 1 aliphatic carbocycles. The van der Waals surface area contributed by atoms with Crippen molar-refractivity contribution >= 4 is 17.5 Å². The molecule has 3 aliphatic rings. The van der Waals surface area contributed by atoms with Crippen molar-refractivity contribution in [3.05, 3.63) is 65.5 Å². The standard InChI is InChI=1S/C26H26N4O6/c31-21-10-9-20(23(32)29-21)30-25(33)18-5-2-6-19(22(18)26(30)34)27-12-17-13-28-24(36-17)14-3-1-4-16(11-14)35-15-7-8-15/h1-6,11,13,15,20-21,23,27,29,31-32H,7-10,12H2. The number of amides is 2. The van der Waals surface area contributed by atoms with Crippen LogP contribution < -0.4 is 15.4 Å². The smallest absolute Gasteiger partial charge is 0.264 e. The topological polar surface area (TPSA) is 137 Å². The van der Waals surface area contributed by atoms with Gasteiger partial charge in [0.15, 0.2) is 0 Å². The zero-order valence-corrected chi connectivity index (χ0v) is 19.4. The number of fused-ring (bicyclic) bond motifs is 1. The van der Waals surface area contributed by atoms with Gasteiger partial charge in [0.1, 0.15) is 24.0 Å². The average Bonchev–Trinajstić information content (AvgIpc) is 3.49. The molecule has 10 nitrogen and oxygen atoms in total. The summed E-state index contributed by atoms with van der Waals surface area (Å²) < 4.78 is 11.8. The highest BCUT2D eigenvalue weighted by Gasteiger charge is 2.45. The van der Waals surface area contributed by atoms with Crippen LogP contribution in [0.25, 0.3) is 11.5 Å². The summed E-state index contributed by atoms with van der Waals surface area (Å²) in [6.45, 7) is 0.253. The van der Waals surface area contributed by atoms with Crippen molar-refractivity contribution in [1.29, 1.82) is 0 Å². The Balaban J connectivity index is 1.17. The first-order chi connectivity index (χ1) is 17.5. The van der Waals surface area contributed by atoms with Gasteiger partial charge >= 0.3 is 0 Å². The van der Waals surface area contributed by atoms with E-state index in [1.54, 1.807) is 24.4 Å². The highest BCUT2D eigenvalue weighted by molar-refractivity contribution is 6.24. The molecule has 6 rings (SSSR count). The van der Waals surface area contributed by atoms with Crippen molar-refractivity contribution in [3.63, 3.8) is 0 Å². The molecule has 3 atom stereocenters. The fraction of sp³-hybridized carbons (Fsp3) is 0.346. The summed E-state index contributed by atoms with van der Waals surface area (Å²) in [6, 6.07) is 11.9. The number of benzene rings is 2. The molecule has 2 fully saturated rings. The van der Waals surface area contributed by atoms with Gasteiger partial charge in [-0.1, -0.05) is 12.1 Å². The van der Waals surface area contributed by atoms with Crippen LogP contribution in [0.4, 0.5) is 5.69 Å². The van der Waals surface area contributed by atoms with Gasteiger partial charge in [0.05, 0.1) is 36.0 Å². The lowest BCUT2D eigenvalue weighted by Gasteiger charge is -2.36. The Hall–Kier alpha value is -3.73. The molecule has 2 amide bonds. The Morgan fingerprint density at radius 2 is 1.92 bits per heavy atom. The number of carbonyl (C=O) groups excluding carboxylic acids is 2. The van der Waals surface area contributed by atoms with Gasteiger partial charge in [-0.15, -0.1) is 0 Å². The van der Waals surface area contributed by atoms with Gasteiger partial charge in [-0.05, 0) is 56.0 Å². The molecule has 10 heteroatoms. The second-order valence-corrected chi connectivity index (χ2v) is 9.31. The van der Waals surface area contributed by atoms with Crippen molar-refractivity contribution in [2.45, 2.75) is 56.8 Å². The SMILES string of the molecule is O=C1c2cccc(NCc3cnc(-c4cccc(OC5CC5)c4)o3)c2C(=O)N1C1CCC(O)NC1O. The van der Waals surface area contributed by atoms with Crippen LogP contribution in [-0.4, -0.2) is 56.5 Å². The summed E-state index contributed by atoms with van der Waals surface area (Å²) in [5.74, 6) is 0.867. The number of hydrogen-bond donors (Lipinski definition) is 4. The maximum Gasteiger partial charge on any atom is 0.264 e. The second kappa shape index (κ2) is 9.05. The monoisotopic (exact) mass is 490 g/mol. The second-order valence-electron chi connectivity index (χ2n) is 9.31. The number of aromatic nitrogens is 1. The molecule has 3 aromatic rings. The predicted molar refractivity (Wildman–Crippen MR) is 128 cm³/mol. The molecule has 0 bridgehead atoms. The summed E-state index contributed by atoms with van der Waals surface area (Å²) in [7, 11) is 0. The number of piperidine rings is 1. The van der Waals surface area contributed by atoms with E-state index in [-0.39, 0.29) is 17.7 Å². The van der Waals surface area contributed by atoms with E-state index in [4.69, 9.17) is 9.15 Å². The third-order valence-electron chi connectivity index (χ3n) is 6.66. The van der Waals surface area contributed by atoms with Gasteiger partial charge < -0.3 is 24.7 Å². The quantitative estimate of drug-likeness (QED) is 0.368. The van der Waals surface area contributed by atoms with E-state index in [9.17, 15) is 19.8 Å². The van der Waals surface area contributed by atoms with Crippen LogP contribution in [-0.2, 0) is 6.54 Å². The Bertz CT molecular complexity index is 1320. The zero-order chi connectivity index (χ0) is 24.8. The minimum absolute atomic E-state index is 0.253. The molecule has 2 aromatic carbocycles. The number of aliphatic hydroxyl groups excluding tert-OH is 2. The fourth-order valence-electron chi connectivity index (χ4n) is 4.69. The van der Waals surface area contributed by atoms with Crippen LogP contribution in [0.3, 0.4) is 0 Å². The van der Waals surface area contributed by atoms with E-state index in [1.807, 2.05) is 24.3 Å². The number of anilines is 1. The minimum atomic E-state index is -1.20. The number of aliphatic hydroxyl groups is 2. The number of nitrogens with one attached hydrogen (secondary N) is 2. The zero-order valence-electron chi connectivity index (χ0n) is 19.4. The summed E-state index contributed by atoms with van der Waals surface area (Å²) in [5, 5.41) is 25.8. The summed E-state index contributed by atoms with van der Waals surface area (Å²) in [4.78, 5) is 31.8. The van der Waals surface area contributed by atoms with Gasteiger partial charge in [-0.2, -0.15) is 0 Å². The summed E-state index contributed by atoms with van der Waals surface area (Å²) in [6.07, 6.45) is 2.63. The first kappa shape index (κ1) is 22.7. The number of rotatable bonds is 7. The van der Waals surface area contributed by atoms with E-state index in [0.717, 1.165) is 29.1 Å². The first-order valence-corrected chi connectivity index (χ1v) is 12.1. The van der Waals surface area contributed by atoms with E-state index >= 15 is 0 Å². The van der Waals surface area contributed by atoms with Crippen molar-refractivity contribution < 1.29 is 29.0 Å². The lowest BCUT2D eigenvalue weighted by molar-refractivity contribution is -0.0413. The van der Waals surface area contributed by atoms with E-state index in [0.29, 0.717) is 36.3 Å². The van der Waals surface area contributed by atoms with Gasteiger partial charge in [-0.25, -0.2) is 4.98 Å². The van der Waals surface area contributed by atoms with Crippen LogP contribution in [0.1, 0.15) is 52.2 Å². The highest BCUT2D eigenvalue weighted by atomic mass is 16.5. The van der Waals surface area contributed by atoms with E-state index in [1.165, 1.54) is 0 Å². The molecule has 3 heterocycles. The molecule has 4 N–H and O–H groups in total. The van der Waals surface area contributed by atoms with Gasteiger partial charge in [0.25, 0.3) is 11.8 Å². The third kappa shape index (κ3) is 4.23. The third-order valence-corrected chi connectivity index (χ3v) is 6.66. The molecule has 3 unspecified atom stereocenters. The highest BCUT2D eigenvalue weighted by Crippen LogP contribution is 2.34. The number of carbonyl (C=O) groups is 2. The Kier molecular flexibility index (Phi) is 5.71. The van der Waals surface area contributed by atoms with Crippen molar-refractivity contribution in [3.8, 4) is 17.2 Å². The van der Waals surface area contributed by atoms with Gasteiger partial charge in [-0.3, -0.25) is 19.8 Å². The Morgan fingerprint density at radius 3 is 2.72 bits per heavy atom. The number of hydrogen-bond acceptors (Lipinski definition) is 9. The van der Waals surface area contributed by atoms with Crippen molar-refractivity contribution in [2.24, 2.45) is 0 Å². The first-order valence-electron chi connectivity index (χ1n) is 12.1. The molecule has 1 aromatic heterocycles. The largest absolute Gasteiger partial charge is 0.490 e. The molecule has 1 saturated carbocycles. The molecule has 0 spiro atoms. The normalized spacial score (nSPS) is 23.6. The van der Waals surface area contributed by atoms with Crippen LogP contribution in [0.5, 0.6) is 5.75 Å². The molecular formula is C26H26N4O6. The molecule has 2 aliphatic heterocycles. The molecule has 0 radical (unpaired) electrons. The van der Waals surface area contributed by atoms with Crippen LogP contribution in [0.15, 0.2) is 53.1 Å². The van der Waals surface area contributed by atoms with E-state index < -0.39 is 30.3 Å². The minimum Gasteiger partial charge on any atom is -0.490 e. The predicted octanol–water partition coefficient (Wildman–Crippen LogP) is 2.48. The van der Waals surface area contributed by atoms with Crippen LogP contribution >= 0.6 is 0 Å². The average molecular weight is 491 g/mol. The fourth-order valence-corrected chi connectivity index (χ4v) is 4.69. The number of imide groups is 1. The summed E-state index contributed by atoms with van der Waals surface area (Å²) in [5.41, 5.74) is 1.82. The van der Waals surface area contributed by atoms with Gasteiger partial charge in [0.2, 0.25) is 5.89 Å². The lowest BCUT2D eigenvalue weighted by Crippen LogP contribution is -2.58. The maximum absolute atomic E-state index is 13.3. The van der Waals surface area contributed by atoms with Crippen molar-refractivity contribution in [1.82, 2.24) is 15.2 Å². The number of ether oxygens (including phenoxy) is 1. The molecule has 186 valence electrons. The molecular weight excluding hydrogens is 464 g/mol. The Morgan fingerprint density at radius 1 is 1.08 bits per heavy atom. The molecule has 36 heavy (non-hydrogen) atoms. The van der Waals surface area contributed by atoms with Crippen LogP contribution in [0, 0.1) is 0 Å². The maximum atomic E-state index is 13.3. The number of oxazole rings is 1. The Labute approximate surface area is 206 Å². The van der Waals surface area contributed by atoms with Crippen molar-refractivity contribution in [2.75, 3.05) is 5.32 Å². The molecule has 1 saturated heterocycles. The van der Waals surface area contributed by atoms with Crippen LogP contribution in [0.2, 0.25) is 0 Å². The van der Waals surface area contributed by atoms with E-state index in [2.05, 4.69) is 15.6 Å². The number of nitrogens with zero attached hydrogens (tertiary/aromatic N) is 2. The lowest BCUT2D eigenvalue weighted by atomic mass is 10.0.